The molecule has 0 aromatic heterocycles. The van der Waals surface area contributed by atoms with Crippen molar-refractivity contribution in [1.82, 2.24) is 4.90 Å². The highest BCUT2D eigenvalue weighted by atomic mass is 16.5. The number of carbonyl (C=O) groups is 1. The summed E-state index contributed by atoms with van der Waals surface area (Å²) in [7, 11) is 0. The molecule has 0 aliphatic carbocycles. The van der Waals surface area contributed by atoms with Gasteiger partial charge in [0, 0.05) is 7.79 Å². The van der Waals surface area contributed by atoms with Gasteiger partial charge in [-0.1, -0.05) is 0 Å². The number of rotatable bonds is 6. The van der Waals surface area contributed by atoms with E-state index in [1.807, 2.05) is 6.92 Å². The van der Waals surface area contributed by atoms with Gasteiger partial charge in [-0.15, -0.1) is 0 Å². The van der Waals surface area contributed by atoms with E-state index in [0.717, 1.165) is 38.8 Å². The molecular weight excluding hydrogens is 178 g/mol. The van der Waals surface area contributed by atoms with Crippen molar-refractivity contribution in [2.45, 2.75) is 39.0 Å². The normalized spacial score (nSPS) is 23.5. The summed E-state index contributed by atoms with van der Waals surface area (Å²) >= 11 is 0. The molecule has 0 bridgehead atoms. The lowest BCUT2D eigenvalue weighted by atomic mass is 10.2. The molecule has 0 aromatic rings. The zero-order valence-corrected chi connectivity index (χ0v) is 9.00. The summed E-state index contributed by atoms with van der Waals surface area (Å²) in [5.74, 6) is -0.0960. The fourth-order valence-corrected chi connectivity index (χ4v) is 1.68. The molecule has 0 amide bonds. The Morgan fingerprint density at radius 1 is 1.50 bits per heavy atom. The molecule has 0 aromatic carbocycles. The van der Waals surface area contributed by atoms with Crippen LogP contribution in [0.15, 0.2) is 0 Å². The molecule has 1 heterocycles. The second-order valence-electron chi connectivity index (χ2n) is 3.62. The quantitative estimate of drug-likeness (QED) is 0.484. The maximum Gasteiger partial charge on any atom is 0.305 e. The highest BCUT2D eigenvalue weighted by Gasteiger charge is 2.10. The average Bonchev–Trinajstić information content (AvgIpc) is 2.60. The molecule has 1 atom stereocenters. The molecule has 0 unspecified atom stereocenters. The van der Waals surface area contributed by atoms with Gasteiger partial charge in [0.15, 0.2) is 0 Å². The molecule has 3 heteroatoms. The van der Waals surface area contributed by atoms with Crippen molar-refractivity contribution in [3.63, 3.8) is 0 Å². The van der Waals surface area contributed by atoms with Gasteiger partial charge >= 0.3 is 5.97 Å². The van der Waals surface area contributed by atoms with Crippen molar-refractivity contribution in [3.05, 3.63) is 0 Å². The van der Waals surface area contributed by atoms with Crippen molar-refractivity contribution in [1.29, 1.82) is 0 Å². The first-order valence-corrected chi connectivity index (χ1v) is 5.56. The summed E-state index contributed by atoms with van der Waals surface area (Å²) in [6.07, 6.45) is 4.53. The van der Waals surface area contributed by atoms with E-state index in [0.29, 0.717) is 13.0 Å². The number of ether oxygens (including phenoxy) is 1. The largest absolute Gasteiger partial charge is 0.466 e. The van der Waals surface area contributed by atoms with Gasteiger partial charge in [-0.3, -0.25) is 4.79 Å². The van der Waals surface area contributed by atoms with E-state index in [1.54, 1.807) is 0 Å². The molecule has 1 fully saturated rings. The van der Waals surface area contributed by atoms with Crippen molar-refractivity contribution >= 4 is 5.97 Å². The maximum atomic E-state index is 11.0. The van der Waals surface area contributed by atoms with E-state index in [1.165, 1.54) is 0 Å². The Balaban J connectivity index is 1.99. The monoisotopic (exact) mass is 200 g/mol. The standard InChI is InChI=1S/C11H21NO2/c1-2-14-11(13)7-3-4-8-12-9-5-6-10-12/h2-10H2,1H3/i9D/t9-/m0/s1. The lowest BCUT2D eigenvalue weighted by Gasteiger charge is -2.13. The first-order valence-electron chi connectivity index (χ1n) is 6.13. The molecule has 0 spiro atoms. The molecule has 1 aliphatic rings. The molecule has 1 aliphatic heterocycles. The summed E-state index contributed by atoms with van der Waals surface area (Å²) in [5.41, 5.74) is 0. The number of carbonyl (C=O) groups excluding carboxylic acids is 1. The average molecular weight is 200 g/mol. The number of likely N-dealkylation sites (tertiary alicyclic amines) is 1. The van der Waals surface area contributed by atoms with Gasteiger partial charge in [-0.25, -0.2) is 0 Å². The third kappa shape index (κ3) is 4.61. The van der Waals surface area contributed by atoms with Crippen molar-refractivity contribution in [2.75, 3.05) is 26.2 Å². The minimum absolute atomic E-state index is 0.00686. The second kappa shape index (κ2) is 6.82. The first-order chi connectivity index (χ1) is 7.24. The zero-order chi connectivity index (χ0) is 11.1. The molecule has 1 rings (SSSR count). The van der Waals surface area contributed by atoms with Crippen LogP contribution in [0.3, 0.4) is 0 Å². The Morgan fingerprint density at radius 3 is 3.00 bits per heavy atom. The van der Waals surface area contributed by atoms with Gasteiger partial charge in [0.2, 0.25) is 0 Å². The summed E-state index contributed by atoms with van der Waals surface area (Å²) in [5, 5.41) is 0. The van der Waals surface area contributed by atoms with Gasteiger partial charge in [-0.2, -0.15) is 0 Å². The number of hydrogen-bond acceptors (Lipinski definition) is 3. The molecule has 3 nitrogen and oxygen atoms in total. The SMILES string of the molecule is [2H][C@H]1CCCN1CCCCC(=O)OCC. The highest BCUT2D eigenvalue weighted by molar-refractivity contribution is 5.69. The number of esters is 1. The molecule has 1 saturated heterocycles. The summed E-state index contributed by atoms with van der Waals surface area (Å²) in [6.45, 7) is 4.29. The minimum Gasteiger partial charge on any atom is -0.466 e. The Morgan fingerprint density at radius 2 is 2.36 bits per heavy atom. The van der Waals surface area contributed by atoms with Crippen LogP contribution in [0.5, 0.6) is 0 Å². The van der Waals surface area contributed by atoms with E-state index < -0.39 is 0 Å². The van der Waals surface area contributed by atoms with Gasteiger partial charge in [0.05, 0.1) is 6.61 Å². The smallest absolute Gasteiger partial charge is 0.305 e. The molecule has 0 N–H and O–H groups in total. The lowest BCUT2D eigenvalue weighted by Crippen LogP contribution is -2.20. The Hall–Kier alpha value is -0.570. The molecule has 0 saturated carbocycles. The van der Waals surface area contributed by atoms with Crippen molar-refractivity contribution in [2.24, 2.45) is 0 Å². The summed E-state index contributed by atoms with van der Waals surface area (Å²) in [6, 6.07) is 0. The van der Waals surface area contributed by atoms with Crippen LogP contribution in [-0.4, -0.2) is 37.1 Å². The zero-order valence-electron chi connectivity index (χ0n) is 10.00. The third-order valence-corrected chi connectivity index (χ3v) is 2.42. The van der Waals surface area contributed by atoms with Crippen LogP contribution >= 0.6 is 0 Å². The minimum atomic E-state index is -0.0960. The van der Waals surface area contributed by atoms with Gasteiger partial charge < -0.3 is 9.64 Å². The summed E-state index contributed by atoms with van der Waals surface area (Å²) in [4.78, 5) is 13.2. The van der Waals surface area contributed by atoms with Gasteiger partial charge in [0.25, 0.3) is 0 Å². The lowest BCUT2D eigenvalue weighted by molar-refractivity contribution is -0.143. The van der Waals surface area contributed by atoms with Crippen LogP contribution in [0.4, 0.5) is 0 Å². The Labute approximate surface area is 87.8 Å². The van der Waals surface area contributed by atoms with E-state index in [2.05, 4.69) is 4.90 Å². The van der Waals surface area contributed by atoms with E-state index in [9.17, 15) is 4.79 Å². The van der Waals surface area contributed by atoms with Crippen LogP contribution < -0.4 is 0 Å². The third-order valence-electron chi connectivity index (χ3n) is 2.42. The topological polar surface area (TPSA) is 29.5 Å². The van der Waals surface area contributed by atoms with Crippen molar-refractivity contribution in [3.8, 4) is 0 Å². The van der Waals surface area contributed by atoms with Gasteiger partial charge in [-0.05, 0) is 52.2 Å². The molecule has 0 radical (unpaired) electrons. The van der Waals surface area contributed by atoms with Crippen LogP contribution in [0.25, 0.3) is 0 Å². The van der Waals surface area contributed by atoms with Crippen LogP contribution in [0.1, 0.15) is 40.4 Å². The van der Waals surface area contributed by atoms with Gasteiger partial charge in [0.1, 0.15) is 0 Å². The summed E-state index contributed by atoms with van der Waals surface area (Å²) < 4.78 is 12.6. The predicted molar refractivity (Wildman–Crippen MR) is 56.2 cm³/mol. The number of hydrogen-bond donors (Lipinski definition) is 0. The first kappa shape index (κ1) is 9.97. The van der Waals surface area contributed by atoms with Crippen LogP contribution in [0, 0.1) is 0 Å². The Bertz CT molecular complexity index is 199. The molecule has 14 heavy (non-hydrogen) atoms. The fourth-order valence-electron chi connectivity index (χ4n) is 1.68. The number of unbranched alkanes of at least 4 members (excludes halogenated alkanes) is 1. The highest BCUT2D eigenvalue weighted by Crippen LogP contribution is 2.09. The van der Waals surface area contributed by atoms with E-state index >= 15 is 0 Å². The van der Waals surface area contributed by atoms with E-state index in [4.69, 9.17) is 6.11 Å². The van der Waals surface area contributed by atoms with E-state index in [-0.39, 0.29) is 12.5 Å². The maximum absolute atomic E-state index is 11.0. The second-order valence-corrected chi connectivity index (χ2v) is 3.62. The fraction of sp³-hybridized carbons (Fsp3) is 0.909. The van der Waals surface area contributed by atoms with Crippen LogP contribution in [-0.2, 0) is 9.53 Å². The van der Waals surface area contributed by atoms with Crippen molar-refractivity contribution < 1.29 is 10.9 Å². The number of nitrogens with zero attached hydrogens (tertiary/aromatic N) is 1. The molecule has 82 valence electrons. The Kier molecular flexibility index (Phi) is 4.86. The molecular formula is C11H21NO2. The predicted octanol–water partition coefficient (Wildman–Crippen LogP) is 1.82. The van der Waals surface area contributed by atoms with Crippen LogP contribution in [0.2, 0.25) is 0 Å².